The summed E-state index contributed by atoms with van der Waals surface area (Å²) in [5.41, 5.74) is -0.600. The molecule has 1 aromatic carbocycles. The van der Waals surface area contributed by atoms with E-state index >= 15 is 0 Å². The molecule has 1 aromatic heterocycles. The fraction of sp³-hybridized carbons (Fsp3) is 0.522. The lowest BCUT2D eigenvalue weighted by molar-refractivity contribution is 0.281. The average molecular weight is 372 g/mol. The van der Waals surface area contributed by atoms with Gasteiger partial charge < -0.3 is 9.15 Å². The third kappa shape index (κ3) is 4.60. The molecule has 0 bridgehead atoms. The predicted octanol–water partition coefficient (Wildman–Crippen LogP) is 6.35. The third-order valence-electron chi connectivity index (χ3n) is 5.54. The first kappa shape index (κ1) is 19.7. The lowest BCUT2D eigenvalue weighted by atomic mass is 9.79. The van der Waals surface area contributed by atoms with Crippen LogP contribution >= 0.6 is 0 Å². The van der Waals surface area contributed by atoms with Gasteiger partial charge in [0.15, 0.2) is 11.6 Å². The van der Waals surface area contributed by atoms with Crippen molar-refractivity contribution in [3.8, 4) is 5.75 Å². The maximum absolute atomic E-state index is 14.6. The highest BCUT2D eigenvalue weighted by atomic mass is 19.1. The Labute approximate surface area is 160 Å². The standard InChI is InChI=1S/C23H29FO3/c1-3-5-6-7-16-8-10-17(11-9-16)20-15-18-12-13-19(26-14-4-2)22(24)21(18)23(25)27-20/h3,5,12-13,15-17H,4,6-11,14H2,1-2H3/b5-3+. The molecule has 3 nitrogen and oxygen atoms in total. The summed E-state index contributed by atoms with van der Waals surface area (Å²) in [5, 5.41) is 0.588. The van der Waals surface area contributed by atoms with E-state index in [2.05, 4.69) is 19.1 Å². The summed E-state index contributed by atoms with van der Waals surface area (Å²) in [6.07, 6.45) is 11.8. The molecule has 0 aliphatic heterocycles. The van der Waals surface area contributed by atoms with Crippen molar-refractivity contribution in [1.82, 2.24) is 0 Å². The van der Waals surface area contributed by atoms with Crippen molar-refractivity contribution in [1.29, 1.82) is 0 Å². The van der Waals surface area contributed by atoms with E-state index < -0.39 is 11.4 Å². The zero-order chi connectivity index (χ0) is 19.2. The van der Waals surface area contributed by atoms with Crippen molar-refractivity contribution >= 4 is 10.8 Å². The zero-order valence-electron chi connectivity index (χ0n) is 16.3. The molecule has 1 fully saturated rings. The van der Waals surface area contributed by atoms with Crippen LogP contribution in [-0.2, 0) is 0 Å². The first-order chi connectivity index (χ1) is 13.1. The first-order valence-electron chi connectivity index (χ1n) is 10.1. The maximum Gasteiger partial charge on any atom is 0.346 e. The Morgan fingerprint density at radius 3 is 2.74 bits per heavy atom. The maximum atomic E-state index is 14.6. The summed E-state index contributed by atoms with van der Waals surface area (Å²) >= 11 is 0. The molecule has 1 aliphatic carbocycles. The molecule has 2 aromatic rings. The molecular formula is C23H29FO3. The Bertz CT molecular complexity index is 845. The summed E-state index contributed by atoms with van der Waals surface area (Å²) in [5.74, 6) is 1.19. The largest absolute Gasteiger partial charge is 0.491 e. The molecule has 0 atom stereocenters. The molecule has 0 spiro atoms. The van der Waals surface area contributed by atoms with E-state index in [9.17, 15) is 9.18 Å². The van der Waals surface area contributed by atoms with Crippen molar-refractivity contribution < 1.29 is 13.5 Å². The monoisotopic (exact) mass is 372 g/mol. The van der Waals surface area contributed by atoms with Crippen LogP contribution in [0, 0.1) is 11.7 Å². The molecule has 1 heterocycles. The SMILES string of the molecule is C/C=C/CCC1CCC(c2cc3ccc(OCCC)c(F)c3c(=O)o2)CC1. The molecule has 3 rings (SSSR count). The van der Waals surface area contributed by atoms with Crippen LogP contribution in [0.25, 0.3) is 10.8 Å². The second-order valence-corrected chi connectivity index (χ2v) is 7.49. The summed E-state index contributed by atoms with van der Waals surface area (Å²) in [6, 6.07) is 5.20. The van der Waals surface area contributed by atoms with Crippen molar-refractivity contribution in [3.63, 3.8) is 0 Å². The Balaban J connectivity index is 1.76. The third-order valence-corrected chi connectivity index (χ3v) is 5.54. The van der Waals surface area contributed by atoms with Gasteiger partial charge in [0, 0.05) is 5.92 Å². The number of allylic oxidation sites excluding steroid dienone is 2. The highest BCUT2D eigenvalue weighted by molar-refractivity contribution is 5.83. The van der Waals surface area contributed by atoms with Crippen molar-refractivity contribution in [2.45, 2.75) is 64.7 Å². The Hall–Kier alpha value is -2.10. The molecular weight excluding hydrogens is 343 g/mol. The van der Waals surface area contributed by atoms with Gasteiger partial charge in [-0.3, -0.25) is 0 Å². The molecule has 0 unspecified atom stereocenters. The zero-order valence-corrected chi connectivity index (χ0v) is 16.3. The smallest absolute Gasteiger partial charge is 0.346 e. The van der Waals surface area contributed by atoms with Gasteiger partial charge in [-0.1, -0.05) is 25.1 Å². The fourth-order valence-corrected chi connectivity index (χ4v) is 4.00. The van der Waals surface area contributed by atoms with Gasteiger partial charge in [-0.25, -0.2) is 9.18 Å². The molecule has 27 heavy (non-hydrogen) atoms. The van der Waals surface area contributed by atoms with Crippen LogP contribution in [0.2, 0.25) is 0 Å². The molecule has 0 N–H and O–H groups in total. The van der Waals surface area contributed by atoms with Gasteiger partial charge in [-0.15, -0.1) is 0 Å². The summed E-state index contributed by atoms with van der Waals surface area (Å²) < 4.78 is 25.6. The molecule has 0 amide bonds. The quantitative estimate of drug-likeness (QED) is 0.532. The highest BCUT2D eigenvalue weighted by Crippen LogP contribution is 2.38. The first-order valence-corrected chi connectivity index (χ1v) is 10.1. The molecule has 4 heteroatoms. The minimum Gasteiger partial charge on any atom is -0.491 e. The van der Waals surface area contributed by atoms with Crippen LogP contribution in [0.3, 0.4) is 0 Å². The minimum absolute atomic E-state index is 0.00704. The van der Waals surface area contributed by atoms with Gasteiger partial charge >= 0.3 is 5.63 Å². The topological polar surface area (TPSA) is 39.4 Å². The Morgan fingerprint density at radius 2 is 2.04 bits per heavy atom. The lowest BCUT2D eigenvalue weighted by Gasteiger charge is -2.27. The summed E-state index contributed by atoms with van der Waals surface area (Å²) in [7, 11) is 0. The number of rotatable bonds is 7. The number of hydrogen-bond donors (Lipinski definition) is 0. The van der Waals surface area contributed by atoms with E-state index in [1.54, 1.807) is 12.1 Å². The van der Waals surface area contributed by atoms with E-state index in [4.69, 9.17) is 9.15 Å². The molecule has 1 saturated carbocycles. The van der Waals surface area contributed by atoms with E-state index in [1.807, 2.05) is 13.0 Å². The summed E-state index contributed by atoms with van der Waals surface area (Å²) in [4.78, 5) is 12.5. The fourth-order valence-electron chi connectivity index (χ4n) is 4.00. The van der Waals surface area contributed by atoms with Gasteiger partial charge in [0.2, 0.25) is 0 Å². The van der Waals surface area contributed by atoms with Crippen molar-refractivity contribution in [2.75, 3.05) is 6.61 Å². The van der Waals surface area contributed by atoms with Gasteiger partial charge in [-0.2, -0.15) is 0 Å². The molecule has 146 valence electrons. The molecule has 0 radical (unpaired) electrons. The number of benzene rings is 1. The van der Waals surface area contributed by atoms with Gasteiger partial charge in [0.1, 0.15) is 11.1 Å². The Kier molecular flexibility index (Phi) is 6.70. The van der Waals surface area contributed by atoms with Crippen molar-refractivity contribution in [2.24, 2.45) is 5.92 Å². The van der Waals surface area contributed by atoms with Crippen LogP contribution < -0.4 is 10.4 Å². The van der Waals surface area contributed by atoms with Gasteiger partial charge in [0.25, 0.3) is 0 Å². The van der Waals surface area contributed by atoms with Gasteiger partial charge in [-0.05, 0) is 75.3 Å². The van der Waals surface area contributed by atoms with E-state index in [0.29, 0.717) is 17.8 Å². The van der Waals surface area contributed by atoms with E-state index in [-0.39, 0.29) is 17.1 Å². The Morgan fingerprint density at radius 1 is 1.26 bits per heavy atom. The average Bonchev–Trinajstić information content (AvgIpc) is 2.68. The number of ether oxygens (including phenoxy) is 1. The number of fused-ring (bicyclic) bond motifs is 1. The number of hydrogen-bond acceptors (Lipinski definition) is 3. The molecule has 1 aliphatic rings. The highest BCUT2D eigenvalue weighted by Gasteiger charge is 2.25. The normalized spacial score (nSPS) is 20.4. The number of halogens is 1. The van der Waals surface area contributed by atoms with Gasteiger partial charge in [0.05, 0.1) is 6.61 Å². The lowest BCUT2D eigenvalue weighted by Crippen LogP contribution is -2.15. The second-order valence-electron chi connectivity index (χ2n) is 7.49. The summed E-state index contributed by atoms with van der Waals surface area (Å²) in [6.45, 7) is 4.43. The van der Waals surface area contributed by atoms with Crippen LogP contribution in [0.15, 0.2) is 39.6 Å². The minimum atomic E-state index is -0.617. The van der Waals surface area contributed by atoms with Crippen molar-refractivity contribution in [3.05, 3.63) is 52.3 Å². The van der Waals surface area contributed by atoms with Crippen LogP contribution in [0.4, 0.5) is 4.39 Å². The second kappa shape index (κ2) is 9.20. The van der Waals surface area contributed by atoms with Crippen LogP contribution in [-0.4, -0.2) is 6.61 Å². The van der Waals surface area contributed by atoms with E-state index in [0.717, 1.165) is 44.4 Å². The van der Waals surface area contributed by atoms with E-state index in [1.165, 1.54) is 6.42 Å². The van der Waals surface area contributed by atoms with Crippen LogP contribution in [0.1, 0.15) is 70.5 Å². The predicted molar refractivity (Wildman–Crippen MR) is 107 cm³/mol. The van der Waals surface area contributed by atoms with Crippen LogP contribution in [0.5, 0.6) is 5.75 Å². The molecule has 0 saturated heterocycles.